The summed E-state index contributed by atoms with van der Waals surface area (Å²) in [5, 5.41) is 0.678. The number of benzene rings is 1. The Morgan fingerprint density at radius 2 is 1.68 bits per heavy atom. The van der Waals surface area contributed by atoms with Gasteiger partial charge in [-0.25, -0.2) is 9.97 Å². The largest absolute Gasteiger partial charge is 0.451 e. The third kappa shape index (κ3) is 2.87. The Balaban J connectivity index is 2.14. The first-order valence-electron chi connectivity index (χ1n) is 7.43. The van der Waals surface area contributed by atoms with Crippen molar-refractivity contribution < 1.29 is 13.2 Å². The van der Waals surface area contributed by atoms with E-state index in [1.807, 2.05) is 4.90 Å². The summed E-state index contributed by atoms with van der Waals surface area (Å²) in [6, 6.07) is 6.89. The fourth-order valence-corrected chi connectivity index (χ4v) is 3.26. The summed E-state index contributed by atoms with van der Waals surface area (Å²) < 4.78 is 39.2. The first-order valence-corrected chi connectivity index (χ1v) is 7.43. The zero-order valence-electron chi connectivity index (χ0n) is 12.6. The molecule has 1 aromatic heterocycles. The van der Waals surface area contributed by atoms with Crippen molar-refractivity contribution in [3.8, 4) is 0 Å². The van der Waals surface area contributed by atoms with Crippen LogP contribution in [0.2, 0.25) is 0 Å². The molecule has 2 heterocycles. The molecule has 6 heteroatoms. The number of aromatic nitrogens is 2. The normalized spacial score (nSPS) is 23.0. The molecule has 0 saturated carbocycles. The van der Waals surface area contributed by atoms with Gasteiger partial charge in [-0.3, -0.25) is 0 Å². The Morgan fingerprint density at radius 1 is 1.05 bits per heavy atom. The monoisotopic (exact) mass is 309 g/mol. The van der Waals surface area contributed by atoms with E-state index < -0.39 is 12.0 Å². The summed E-state index contributed by atoms with van der Waals surface area (Å²) in [5.41, 5.74) is 0.339. The third-order valence-corrected chi connectivity index (χ3v) is 4.01. The van der Waals surface area contributed by atoms with Crippen LogP contribution in [-0.2, 0) is 6.18 Å². The van der Waals surface area contributed by atoms with Crippen LogP contribution in [0, 0.1) is 11.8 Å². The van der Waals surface area contributed by atoms with Gasteiger partial charge in [-0.2, -0.15) is 13.2 Å². The molecule has 2 atom stereocenters. The van der Waals surface area contributed by atoms with E-state index in [9.17, 15) is 13.2 Å². The number of fused-ring (bicyclic) bond motifs is 1. The number of anilines is 1. The van der Waals surface area contributed by atoms with Crippen molar-refractivity contribution in [3.63, 3.8) is 0 Å². The molecule has 0 N–H and O–H groups in total. The molecule has 1 aliphatic rings. The Bertz CT molecular complexity index is 674. The van der Waals surface area contributed by atoms with Gasteiger partial charge in [0.25, 0.3) is 0 Å². The lowest BCUT2D eigenvalue weighted by Crippen LogP contribution is -2.39. The van der Waals surface area contributed by atoms with Crippen LogP contribution in [0.5, 0.6) is 0 Å². The molecule has 22 heavy (non-hydrogen) atoms. The second-order valence-corrected chi connectivity index (χ2v) is 6.24. The van der Waals surface area contributed by atoms with E-state index in [4.69, 9.17) is 0 Å². The molecule has 1 aromatic carbocycles. The fourth-order valence-electron chi connectivity index (χ4n) is 3.26. The molecule has 1 saturated heterocycles. The first kappa shape index (κ1) is 15.1. The minimum absolute atomic E-state index is 0.339. The average Bonchev–Trinajstić information content (AvgIpc) is 2.44. The van der Waals surface area contributed by atoms with E-state index in [1.165, 1.54) is 0 Å². The molecule has 0 radical (unpaired) electrons. The second kappa shape index (κ2) is 5.41. The molecule has 0 aliphatic carbocycles. The van der Waals surface area contributed by atoms with E-state index >= 15 is 0 Å². The molecular weight excluding hydrogens is 291 g/mol. The van der Waals surface area contributed by atoms with Gasteiger partial charge in [0, 0.05) is 18.5 Å². The first-order chi connectivity index (χ1) is 10.3. The van der Waals surface area contributed by atoms with Gasteiger partial charge in [-0.1, -0.05) is 26.0 Å². The van der Waals surface area contributed by atoms with Crippen LogP contribution in [0.4, 0.5) is 19.0 Å². The molecule has 0 spiro atoms. The van der Waals surface area contributed by atoms with Crippen LogP contribution in [0.3, 0.4) is 0 Å². The number of hydrogen-bond donors (Lipinski definition) is 0. The van der Waals surface area contributed by atoms with Gasteiger partial charge < -0.3 is 4.90 Å². The minimum Gasteiger partial charge on any atom is -0.355 e. The van der Waals surface area contributed by atoms with Crippen molar-refractivity contribution >= 4 is 16.7 Å². The highest BCUT2D eigenvalue weighted by Crippen LogP contribution is 2.34. The molecule has 0 bridgehead atoms. The summed E-state index contributed by atoms with van der Waals surface area (Å²) in [6.45, 7) is 5.69. The lowest BCUT2D eigenvalue weighted by atomic mass is 9.92. The van der Waals surface area contributed by atoms with Gasteiger partial charge in [0.15, 0.2) is 0 Å². The van der Waals surface area contributed by atoms with E-state index in [0.717, 1.165) is 19.5 Å². The predicted molar refractivity (Wildman–Crippen MR) is 79.7 cm³/mol. The Labute approximate surface area is 127 Å². The van der Waals surface area contributed by atoms with Crippen molar-refractivity contribution in [1.29, 1.82) is 0 Å². The van der Waals surface area contributed by atoms with Gasteiger partial charge in [0.1, 0.15) is 5.82 Å². The lowest BCUT2D eigenvalue weighted by Gasteiger charge is -2.36. The van der Waals surface area contributed by atoms with E-state index in [1.54, 1.807) is 24.3 Å². The molecule has 0 unspecified atom stereocenters. The van der Waals surface area contributed by atoms with Gasteiger partial charge in [-0.05, 0) is 30.4 Å². The molecule has 118 valence electrons. The van der Waals surface area contributed by atoms with E-state index in [2.05, 4.69) is 23.8 Å². The highest BCUT2D eigenvalue weighted by atomic mass is 19.4. The van der Waals surface area contributed by atoms with Crippen molar-refractivity contribution in [2.45, 2.75) is 26.4 Å². The number of hydrogen-bond acceptors (Lipinski definition) is 3. The highest BCUT2D eigenvalue weighted by molar-refractivity contribution is 5.89. The molecule has 3 nitrogen and oxygen atoms in total. The zero-order valence-corrected chi connectivity index (χ0v) is 12.6. The standard InChI is InChI=1S/C16H18F3N3/c1-10-7-11(2)9-22(8-10)14-12-5-3-4-6-13(12)20-15(21-14)16(17,18)19/h3-6,10-11H,7-9H2,1-2H3/t10-,11-/m1/s1. The van der Waals surface area contributed by atoms with Crippen molar-refractivity contribution in [2.75, 3.05) is 18.0 Å². The summed E-state index contributed by atoms with van der Waals surface area (Å²) >= 11 is 0. The molecule has 1 aliphatic heterocycles. The van der Waals surface area contributed by atoms with E-state index in [0.29, 0.717) is 28.6 Å². The van der Waals surface area contributed by atoms with Crippen LogP contribution in [0.1, 0.15) is 26.1 Å². The minimum atomic E-state index is -4.54. The molecule has 2 aromatic rings. The Hall–Kier alpha value is -1.85. The summed E-state index contributed by atoms with van der Waals surface area (Å²) in [6.07, 6.45) is -3.45. The van der Waals surface area contributed by atoms with Gasteiger partial charge in [-0.15, -0.1) is 0 Å². The zero-order chi connectivity index (χ0) is 15.9. The number of piperidine rings is 1. The highest BCUT2D eigenvalue weighted by Gasteiger charge is 2.36. The van der Waals surface area contributed by atoms with Crippen LogP contribution in [0.15, 0.2) is 24.3 Å². The summed E-state index contributed by atoms with van der Waals surface area (Å²) in [7, 11) is 0. The number of alkyl halides is 3. The average molecular weight is 309 g/mol. The molecule has 0 amide bonds. The quantitative estimate of drug-likeness (QED) is 0.793. The number of para-hydroxylation sites is 1. The maximum Gasteiger partial charge on any atom is 0.451 e. The number of halogens is 3. The Morgan fingerprint density at radius 3 is 2.32 bits per heavy atom. The maximum absolute atomic E-state index is 13.1. The molecular formula is C16H18F3N3. The number of nitrogens with zero attached hydrogens (tertiary/aromatic N) is 3. The third-order valence-electron chi connectivity index (χ3n) is 4.01. The fraction of sp³-hybridized carbons (Fsp3) is 0.500. The Kier molecular flexibility index (Phi) is 3.70. The number of rotatable bonds is 1. The van der Waals surface area contributed by atoms with Gasteiger partial charge >= 0.3 is 6.18 Å². The molecule has 3 rings (SSSR count). The topological polar surface area (TPSA) is 29.0 Å². The lowest BCUT2D eigenvalue weighted by molar-refractivity contribution is -0.144. The summed E-state index contributed by atoms with van der Waals surface area (Å²) in [4.78, 5) is 9.50. The van der Waals surface area contributed by atoms with Crippen LogP contribution in [-0.4, -0.2) is 23.1 Å². The van der Waals surface area contributed by atoms with Crippen molar-refractivity contribution in [2.24, 2.45) is 11.8 Å². The molecule has 1 fully saturated rings. The van der Waals surface area contributed by atoms with E-state index in [-0.39, 0.29) is 0 Å². The van der Waals surface area contributed by atoms with Gasteiger partial charge in [0.05, 0.1) is 5.52 Å². The SMILES string of the molecule is C[C@@H]1C[C@@H](C)CN(c2nc(C(F)(F)F)nc3ccccc23)C1. The van der Waals surface area contributed by atoms with Crippen molar-refractivity contribution in [3.05, 3.63) is 30.1 Å². The van der Waals surface area contributed by atoms with Gasteiger partial charge in [0.2, 0.25) is 5.82 Å². The van der Waals surface area contributed by atoms with Crippen LogP contribution < -0.4 is 4.90 Å². The van der Waals surface area contributed by atoms with Crippen molar-refractivity contribution in [1.82, 2.24) is 9.97 Å². The maximum atomic E-state index is 13.1. The van der Waals surface area contributed by atoms with Crippen LogP contribution in [0.25, 0.3) is 10.9 Å². The van der Waals surface area contributed by atoms with Crippen LogP contribution >= 0.6 is 0 Å². The predicted octanol–water partition coefficient (Wildman–Crippen LogP) is 4.13. The second-order valence-electron chi connectivity index (χ2n) is 6.24. The smallest absolute Gasteiger partial charge is 0.355 e. The summed E-state index contributed by atoms with van der Waals surface area (Å²) in [5.74, 6) is 0.210.